The van der Waals surface area contributed by atoms with Gasteiger partial charge in [-0.15, -0.1) is 6.42 Å². The Kier molecular flexibility index (Phi) is 4.94. The van der Waals surface area contributed by atoms with Crippen LogP contribution in [0.5, 0.6) is 5.75 Å². The van der Waals surface area contributed by atoms with Gasteiger partial charge in [-0.1, -0.05) is 18.1 Å². The van der Waals surface area contributed by atoms with Gasteiger partial charge in [-0.25, -0.2) is 4.39 Å². The highest BCUT2D eigenvalue weighted by molar-refractivity contribution is 5.94. The van der Waals surface area contributed by atoms with E-state index >= 15 is 0 Å². The van der Waals surface area contributed by atoms with Crippen molar-refractivity contribution in [1.29, 1.82) is 0 Å². The van der Waals surface area contributed by atoms with E-state index in [1.165, 1.54) is 12.1 Å². The molecular weight excluding hydrogens is 269 g/mol. The van der Waals surface area contributed by atoms with Crippen LogP contribution in [-0.2, 0) is 6.54 Å². The first kappa shape index (κ1) is 14.6. The first-order chi connectivity index (χ1) is 10.2. The van der Waals surface area contributed by atoms with Gasteiger partial charge in [0.2, 0.25) is 0 Å². The smallest absolute Gasteiger partial charge is 0.251 e. The van der Waals surface area contributed by atoms with Crippen molar-refractivity contribution in [2.45, 2.75) is 6.54 Å². The van der Waals surface area contributed by atoms with Crippen LogP contribution in [-0.4, -0.2) is 12.5 Å². The standard InChI is InChI=1S/C17H14FNO2/c1-2-11-21-16-9-5-14(6-10-16)17(20)19-12-13-3-7-15(18)8-4-13/h1,3-10H,11-12H2,(H,19,20). The molecule has 4 heteroatoms. The van der Waals surface area contributed by atoms with E-state index in [0.717, 1.165) is 5.56 Å². The minimum Gasteiger partial charge on any atom is -0.481 e. The Morgan fingerprint density at radius 3 is 2.43 bits per heavy atom. The van der Waals surface area contributed by atoms with Gasteiger partial charge in [0, 0.05) is 12.1 Å². The van der Waals surface area contributed by atoms with Gasteiger partial charge in [0.25, 0.3) is 5.91 Å². The van der Waals surface area contributed by atoms with Gasteiger partial charge in [0.05, 0.1) is 0 Å². The van der Waals surface area contributed by atoms with Crippen molar-refractivity contribution in [2.24, 2.45) is 0 Å². The number of carbonyl (C=O) groups is 1. The highest BCUT2D eigenvalue weighted by Crippen LogP contribution is 2.12. The molecule has 1 N–H and O–H groups in total. The lowest BCUT2D eigenvalue weighted by Crippen LogP contribution is -2.22. The number of hydrogen-bond donors (Lipinski definition) is 1. The number of terminal acetylenes is 1. The third kappa shape index (κ3) is 4.36. The molecule has 0 aliphatic heterocycles. The third-order valence-electron chi connectivity index (χ3n) is 2.81. The van der Waals surface area contributed by atoms with Crippen LogP contribution in [0.3, 0.4) is 0 Å². The van der Waals surface area contributed by atoms with E-state index in [0.29, 0.717) is 17.9 Å². The maximum absolute atomic E-state index is 12.8. The van der Waals surface area contributed by atoms with Gasteiger partial charge in [-0.3, -0.25) is 4.79 Å². The maximum Gasteiger partial charge on any atom is 0.251 e. The van der Waals surface area contributed by atoms with Gasteiger partial charge in [-0.2, -0.15) is 0 Å². The second-order valence-electron chi connectivity index (χ2n) is 4.33. The molecule has 0 fully saturated rings. The molecule has 0 bridgehead atoms. The summed E-state index contributed by atoms with van der Waals surface area (Å²) >= 11 is 0. The van der Waals surface area contributed by atoms with Crippen molar-refractivity contribution >= 4 is 5.91 Å². The summed E-state index contributed by atoms with van der Waals surface area (Å²) in [6, 6.07) is 12.7. The lowest BCUT2D eigenvalue weighted by Gasteiger charge is -2.07. The SMILES string of the molecule is C#CCOc1ccc(C(=O)NCc2ccc(F)cc2)cc1. The van der Waals surface area contributed by atoms with E-state index in [4.69, 9.17) is 11.2 Å². The molecule has 0 saturated carbocycles. The zero-order valence-corrected chi connectivity index (χ0v) is 11.3. The first-order valence-electron chi connectivity index (χ1n) is 6.38. The molecule has 0 aromatic heterocycles. The number of carbonyl (C=O) groups excluding carboxylic acids is 1. The fourth-order valence-electron chi connectivity index (χ4n) is 1.71. The van der Waals surface area contributed by atoms with Crippen LogP contribution in [0.2, 0.25) is 0 Å². The molecule has 0 radical (unpaired) electrons. The van der Waals surface area contributed by atoms with Crippen molar-refractivity contribution in [3.63, 3.8) is 0 Å². The normalized spacial score (nSPS) is 9.71. The summed E-state index contributed by atoms with van der Waals surface area (Å²) in [6.45, 7) is 0.532. The highest BCUT2D eigenvalue weighted by atomic mass is 19.1. The number of amides is 1. The van der Waals surface area contributed by atoms with E-state index in [1.54, 1.807) is 36.4 Å². The molecule has 3 nitrogen and oxygen atoms in total. The summed E-state index contributed by atoms with van der Waals surface area (Å²) < 4.78 is 18.0. The van der Waals surface area contributed by atoms with Crippen LogP contribution in [0.15, 0.2) is 48.5 Å². The Bertz CT molecular complexity index is 642. The summed E-state index contributed by atoms with van der Waals surface area (Å²) in [5.41, 5.74) is 1.35. The molecule has 0 saturated heterocycles. The number of rotatable bonds is 5. The molecule has 0 aliphatic carbocycles. The summed E-state index contributed by atoms with van der Waals surface area (Å²) in [5, 5.41) is 2.76. The Morgan fingerprint density at radius 1 is 1.14 bits per heavy atom. The average Bonchev–Trinajstić information content (AvgIpc) is 2.52. The second kappa shape index (κ2) is 7.11. The monoisotopic (exact) mass is 283 g/mol. The largest absolute Gasteiger partial charge is 0.481 e. The fourth-order valence-corrected chi connectivity index (χ4v) is 1.71. The van der Waals surface area contributed by atoms with E-state index in [-0.39, 0.29) is 18.3 Å². The van der Waals surface area contributed by atoms with Gasteiger partial charge >= 0.3 is 0 Å². The van der Waals surface area contributed by atoms with Crippen molar-refractivity contribution in [3.8, 4) is 18.1 Å². The maximum atomic E-state index is 12.8. The molecule has 1 amide bonds. The number of nitrogens with one attached hydrogen (secondary N) is 1. The minimum absolute atomic E-state index is 0.191. The molecule has 2 aromatic rings. The molecule has 0 heterocycles. The molecule has 0 unspecified atom stereocenters. The van der Waals surface area contributed by atoms with Crippen LogP contribution in [0.1, 0.15) is 15.9 Å². The molecule has 2 rings (SSSR count). The zero-order chi connectivity index (χ0) is 15.1. The topological polar surface area (TPSA) is 38.3 Å². The molecule has 0 aliphatic rings. The van der Waals surface area contributed by atoms with E-state index in [1.807, 2.05) is 0 Å². The Hall–Kier alpha value is -2.80. The Balaban J connectivity index is 1.91. The lowest BCUT2D eigenvalue weighted by atomic mass is 10.2. The molecule has 21 heavy (non-hydrogen) atoms. The third-order valence-corrected chi connectivity index (χ3v) is 2.81. The van der Waals surface area contributed by atoms with Gasteiger partial charge in [0.1, 0.15) is 18.2 Å². The summed E-state index contributed by atoms with van der Waals surface area (Å²) in [4.78, 5) is 12.0. The van der Waals surface area contributed by atoms with Crippen molar-refractivity contribution < 1.29 is 13.9 Å². The predicted octanol–water partition coefficient (Wildman–Crippen LogP) is 2.77. The number of halogens is 1. The quantitative estimate of drug-likeness (QED) is 0.857. The summed E-state index contributed by atoms with van der Waals surface area (Å²) in [7, 11) is 0. The Morgan fingerprint density at radius 2 is 1.81 bits per heavy atom. The Labute approximate surface area is 122 Å². The fraction of sp³-hybridized carbons (Fsp3) is 0.118. The van der Waals surface area contributed by atoms with Crippen LogP contribution >= 0.6 is 0 Å². The molecular formula is C17H14FNO2. The van der Waals surface area contributed by atoms with Crippen LogP contribution in [0, 0.1) is 18.2 Å². The zero-order valence-electron chi connectivity index (χ0n) is 11.3. The molecule has 0 atom stereocenters. The van der Waals surface area contributed by atoms with Crippen LogP contribution in [0.25, 0.3) is 0 Å². The lowest BCUT2D eigenvalue weighted by molar-refractivity contribution is 0.0951. The van der Waals surface area contributed by atoms with Gasteiger partial charge in [-0.05, 0) is 42.0 Å². The van der Waals surface area contributed by atoms with Crippen molar-refractivity contribution in [2.75, 3.05) is 6.61 Å². The summed E-state index contributed by atoms with van der Waals surface area (Å²) in [5.74, 6) is 2.48. The highest BCUT2D eigenvalue weighted by Gasteiger charge is 2.05. The molecule has 0 spiro atoms. The van der Waals surface area contributed by atoms with Crippen molar-refractivity contribution in [3.05, 3.63) is 65.5 Å². The minimum atomic E-state index is -0.298. The van der Waals surface area contributed by atoms with Gasteiger partial charge in [0.15, 0.2) is 0 Å². The van der Waals surface area contributed by atoms with Gasteiger partial charge < -0.3 is 10.1 Å². The van der Waals surface area contributed by atoms with Crippen LogP contribution < -0.4 is 10.1 Å². The molecule has 2 aromatic carbocycles. The predicted molar refractivity (Wildman–Crippen MR) is 78.3 cm³/mol. The van der Waals surface area contributed by atoms with E-state index < -0.39 is 0 Å². The number of ether oxygens (including phenoxy) is 1. The van der Waals surface area contributed by atoms with E-state index in [9.17, 15) is 9.18 Å². The van der Waals surface area contributed by atoms with Crippen molar-refractivity contribution in [1.82, 2.24) is 5.32 Å². The van der Waals surface area contributed by atoms with Crippen LogP contribution in [0.4, 0.5) is 4.39 Å². The summed E-state index contributed by atoms with van der Waals surface area (Å²) in [6.07, 6.45) is 5.10. The second-order valence-corrected chi connectivity index (χ2v) is 4.33. The number of hydrogen-bond acceptors (Lipinski definition) is 2. The number of benzene rings is 2. The molecule has 106 valence electrons. The first-order valence-corrected chi connectivity index (χ1v) is 6.38. The average molecular weight is 283 g/mol. The van der Waals surface area contributed by atoms with E-state index in [2.05, 4.69) is 11.2 Å².